The number of rotatable bonds is 5. The fourth-order valence-electron chi connectivity index (χ4n) is 2.65. The molecule has 0 spiro atoms. The Hall–Kier alpha value is -1.89. The van der Waals surface area contributed by atoms with Crippen molar-refractivity contribution in [1.29, 1.82) is 0 Å². The van der Waals surface area contributed by atoms with E-state index in [0.29, 0.717) is 18.3 Å². The lowest BCUT2D eigenvalue weighted by molar-refractivity contribution is 0.254. The Kier molecular flexibility index (Phi) is 4.15. The Bertz CT molecular complexity index is 714. The molecule has 1 aliphatic heterocycles. The highest BCUT2D eigenvalue weighted by molar-refractivity contribution is 7.84. The summed E-state index contributed by atoms with van der Waals surface area (Å²) in [7, 11) is -1.18. The van der Waals surface area contributed by atoms with Crippen molar-refractivity contribution in [2.24, 2.45) is 0 Å². The Morgan fingerprint density at radius 3 is 3.05 bits per heavy atom. The van der Waals surface area contributed by atoms with Gasteiger partial charge in [0.1, 0.15) is 23.9 Å². The van der Waals surface area contributed by atoms with Crippen LogP contribution in [-0.2, 0) is 23.8 Å². The predicted molar refractivity (Wildman–Crippen MR) is 82.9 cm³/mol. The van der Waals surface area contributed by atoms with Crippen LogP contribution in [0.1, 0.15) is 25.0 Å². The standard InChI is InChI=1S/C15H19N3O3S/c1-4-20-13-6-11-5-10(2)21-14(11)7-12(13)8-18-9-16-17-15(18)22(3)19/h6-7,9-10H,4-5,8H2,1-3H3/t10-,22-/m0/s1. The van der Waals surface area contributed by atoms with Gasteiger partial charge in [0.05, 0.1) is 24.0 Å². The summed E-state index contributed by atoms with van der Waals surface area (Å²) in [5.74, 6) is 1.73. The molecule has 2 aromatic rings. The van der Waals surface area contributed by atoms with E-state index in [4.69, 9.17) is 9.47 Å². The van der Waals surface area contributed by atoms with E-state index < -0.39 is 10.8 Å². The largest absolute Gasteiger partial charge is 0.494 e. The highest BCUT2D eigenvalue weighted by Gasteiger charge is 2.22. The molecule has 7 heteroatoms. The number of ether oxygens (including phenoxy) is 2. The third kappa shape index (κ3) is 2.85. The molecule has 0 aliphatic carbocycles. The molecule has 1 aliphatic rings. The molecule has 0 radical (unpaired) electrons. The van der Waals surface area contributed by atoms with Crippen molar-refractivity contribution in [3.8, 4) is 11.5 Å². The SMILES string of the molecule is CCOc1cc2c(cc1Cn1cnnc1[S@](C)=O)O[C@@H](C)C2. The van der Waals surface area contributed by atoms with Gasteiger partial charge < -0.3 is 14.0 Å². The highest BCUT2D eigenvalue weighted by atomic mass is 32.2. The molecule has 0 fully saturated rings. The van der Waals surface area contributed by atoms with Gasteiger partial charge in [-0.05, 0) is 26.0 Å². The van der Waals surface area contributed by atoms with Crippen molar-refractivity contribution in [1.82, 2.24) is 14.8 Å². The van der Waals surface area contributed by atoms with Crippen LogP contribution in [0.5, 0.6) is 11.5 Å². The maximum absolute atomic E-state index is 11.7. The maximum Gasteiger partial charge on any atom is 0.221 e. The van der Waals surface area contributed by atoms with Crippen molar-refractivity contribution >= 4 is 10.8 Å². The Morgan fingerprint density at radius 1 is 1.50 bits per heavy atom. The lowest BCUT2D eigenvalue weighted by atomic mass is 10.1. The van der Waals surface area contributed by atoms with Crippen LogP contribution in [0, 0.1) is 0 Å². The first kappa shape index (κ1) is 15.0. The highest BCUT2D eigenvalue weighted by Crippen LogP contribution is 2.35. The molecule has 2 heterocycles. The predicted octanol–water partition coefficient (Wildman–Crippen LogP) is 1.79. The summed E-state index contributed by atoms with van der Waals surface area (Å²) < 4.78 is 25.0. The Labute approximate surface area is 131 Å². The van der Waals surface area contributed by atoms with Crippen molar-refractivity contribution in [2.45, 2.75) is 38.1 Å². The van der Waals surface area contributed by atoms with Gasteiger partial charge in [-0.3, -0.25) is 4.21 Å². The zero-order chi connectivity index (χ0) is 15.7. The maximum atomic E-state index is 11.7. The van der Waals surface area contributed by atoms with Gasteiger partial charge in [-0.2, -0.15) is 0 Å². The minimum absolute atomic E-state index is 0.188. The van der Waals surface area contributed by atoms with Crippen molar-refractivity contribution in [2.75, 3.05) is 12.9 Å². The molecule has 0 amide bonds. The molecular formula is C15H19N3O3S. The van der Waals surface area contributed by atoms with E-state index in [1.165, 1.54) is 5.56 Å². The Balaban J connectivity index is 1.97. The van der Waals surface area contributed by atoms with Crippen LogP contribution in [0.2, 0.25) is 0 Å². The molecule has 0 unspecified atom stereocenters. The second-order valence-corrected chi connectivity index (χ2v) is 6.60. The molecule has 22 heavy (non-hydrogen) atoms. The molecule has 3 rings (SSSR count). The lowest BCUT2D eigenvalue weighted by Gasteiger charge is -2.13. The van der Waals surface area contributed by atoms with Gasteiger partial charge in [0.25, 0.3) is 0 Å². The number of aromatic nitrogens is 3. The summed E-state index contributed by atoms with van der Waals surface area (Å²) in [5.41, 5.74) is 2.14. The van der Waals surface area contributed by atoms with Crippen LogP contribution < -0.4 is 9.47 Å². The van der Waals surface area contributed by atoms with E-state index in [0.717, 1.165) is 23.5 Å². The minimum Gasteiger partial charge on any atom is -0.494 e. The first-order valence-corrected chi connectivity index (χ1v) is 8.80. The molecule has 1 aromatic heterocycles. The molecular weight excluding hydrogens is 302 g/mol. The molecule has 0 bridgehead atoms. The second kappa shape index (κ2) is 6.08. The summed E-state index contributed by atoms with van der Waals surface area (Å²) in [6, 6.07) is 4.05. The van der Waals surface area contributed by atoms with Crippen LogP contribution in [0.15, 0.2) is 23.6 Å². The van der Waals surface area contributed by atoms with E-state index in [9.17, 15) is 4.21 Å². The van der Waals surface area contributed by atoms with Crippen LogP contribution >= 0.6 is 0 Å². The first-order valence-electron chi connectivity index (χ1n) is 7.25. The van der Waals surface area contributed by atoms with Gasteiger partial charge in [-0.1, -0.05) is 0 Å². The summed E-state index contributed by atoms with van der Waals surface area (Å²) in [5, 5.41) is 8.22. The fourth-order valence-corrected chi connectivity index (χ4v) is 3.26. The van der Waals surface area contributed by atoms with Crippen LogP contribution in [0.4, 0.5) is 0 Å². The van der Waals surface area contributed by atoms with Crippen molar-refractivity contribution in [3.63, 3.8) is 0 Å². The zero-order valence-corrected chi connectivity index (χ0v) is 13.7. The van der Waals surface area contributed by atoms with Gasteiger partial charge in [0.2, 0.25) is 5.16 Å². The van der Waals surface area contributed by atoms with Gasteiger partial charge >= 0.3 is 0 Å². The first-order chi connectivity index (χ1) is 10.6. The summed E-state index contributed by atoms with van der Waals surface area (Å²) in [6.07, 6.45) is 4.26. The minimum atomic E-state index is -1.18. The third-order valence-electron chi connectivity index (χ3n) is 3.56. The zero-order valence-electron chi connectivity index (χ0n) is 12.9. The fraction of sp³-hybridized carbons (Fsp3) is 0.467. The smallest absolute Gasteiger partial charge is 0.221 e. The normalized spacial score (nSPS) is 17.9. The van der Waals surface area contributed by atoms with Gasteiger partial charge in [0.15, 0.2) is 0 Å². The number of hydrogen-bond donors (Lipinski definition) is 0. The summed E-state index contributed by atoms with van der Waals surface area (Å²) in [6.45, 7) is 5.11. The third-order valence-corrected chi connectivity index (χ3v) is 4.39. The average molecular weight is 321 g/mol. The molecule has 118 valence electrons. The monoisotopic (exact) mass is 321 g/mol. The van der Waals surface area contributed by atoms with Crippen molar-refractivity contribution in [3.05, 3.63) is 29.6 Å². The second-order valence-electron chi connectivity index (χ2n) is 5.33. The Morgan fingerprint density at radius 2 is 2.32 bits per heavy atom. The number of fused-ring (bicyclic) bond motifs is 1. The summed E-state index contributed by atoms with van der Waals surface area (Å²) >= 11 is 0. The topological polar surface area (TPSA) is 66.2 Å². The molecule has 0 saturated heterocycles. The van der Waals surface area contributed by atoms with E-state index >= 15 is 0 Å². The van der Waals surface area contributed by atoms with Crippen LogP contribution in [0.25, 0.3) is 0 Å². The van der Waals surface area contributed by atoms with E-state index in [-0.39, 0.29) is 6.10 Å². The molecule has 1 aromatic carbocycles. The lowest BCUT2D eigenvalue weighted by Crippen LogP contribution is -2.07. The van der Waals surface area contributed by atoms with Crippen molar-refractivity contribution < 1.29 is 13.7 Å². The van der Waals surface area contributed by atoms with Crippen LogP contribution in [0.3, 0.4) is 0 Å². The molecule has 0 saturated carbocycles. The van der Waals surface area contributed by atoms with Gasteiger partial charge in [0, 0.05) is 23.8 Å². The van der Waals surface area contributed by atoms with E-state index in [1.54, 1.807) is 17.2 Å². The molecule has 6 nitrogen and oxygen atoms in total. The number of nitrogens with zero attached hydrogens (tertiary/aromatic N) is 3. The number of hydrogen-bond acceptors (Lipinski definition) is 5. The van der Waals surface area contributed by atoms with Crippen LogP contribution in [-0.4, -0.2) is 37.9 Å². The van der Waals surface area contributed by atoms with Gasteiger partial charge in [-0.15, -0.1) is 10.2 Å². The quantitative estimate of drug-likeness (QED) is 0.840. The summed E-state index contributed by atoms with van der Waals surface area (Å²) in [4.78, 5) is 0. The average Bonchev–Trinajstić information content (AvgIpc) is 3.05. The molecule has 0 N–H and O–H groups in total. The van der Waals surface area contributed by atoms with E-state index in [2.05, 4.69) is 17.1 Å². The molecule has 2 atom stereocenters. The van der Waals surface area contributed by atoms with Gasteiger partial charge in [-0.25, -0.2) is 0 Å². The number of benzene rings is 1. The van der Waals surface area contributed by atoms with E-state index in [1.807, 2.05) is 19.1 Å².